The van der Waals surface area contributed by atoms with E-state index in [-0.39, 0.29) is 6.42 Å². The van der Waals surface area contributed by atoms with Gasteiger partial charge in [0.05, 0.1) is 7.11 Å². The lowest BCUT2D eigenvalue weighted by atomic mass is 9.84. The third-order valence-electron chi connectivity index (χ3n) is 2.54. The highest BCUT2D eigenvalue weighted by molar-refractivity contribution is 6.00. The fraction of sp³-hybridized carbons (Fsp3) is 0.364. The summed E-state index contributed by atoms with van der Waals surface area (Å²) in [5.74, 6) is -1.80. The number of hydrogen-bond donors (Lipinski definition) is 2. The van der Waals surface area contributed by atoms with Crippen molar-refractivity contribution in [3.8, 4) is 5.88 Å². The van der Waals surface area contributed by atoms with E-state index in [9.17, 15) is 9.59 Å². The molecule has 0 aromatic carbocycles. The highest BCUT2D eigenvalue weighted by Gasteiger charge is 2.40. The maximum Gasteiger partial charge on any atom is 0.319 e. The number of nitrogens with zero attached hydrogens (tertiary/aromatic N) is 1. The lowest BCUT2D eigenvalue weighted by Crippen LogP contribution is -2.43. The summed E-state index contributed by atoms with van der Waals surface area (Å²) < 4.78 is 4.92. The first-order valence-corrected chi connectivity index (χ1v) is 4.93. The molecule has 0 aliphatic carbocycles. The van der Waals surface area contributed by atoms with Crippen molar-refractivity contribution >= 4 is 11.9 Å². The smallest absolute Gasteiger partial charge is 0.319 e. The third-order valence-corrected chi connectivity index (χ3v) is 2.54. The van der Waals surface area contributed by atoms with Crippen LogP contribution in [0.5, 0.6) is 5.88 Å². The molecule has 1 unspecified atom stereocenters. The number of carbonyl (C=O) groups is 2. The molecule has 0 spiro atoms. The number of aliphatic carboxylic acids is 1. The number of carbonyl (C=O) groups excluding carboxylic acids is 1. The number of hydrogen-bond acceptors (Lipinski definition) is 4. The largest absolute Gasteiger partial charge is 0.481 e. The topological polar surface area (TPSA) is 103 Å². The second kappa shape index (κ2) is 4.82. The van der Waals surface area contributed by atoms with Gasteiger partial charge in [-0.1, -0.05) is 6.07 Å². The van der Waals surface area contributed by atoms with Gasteiger partial charge in [0.2, 0.25) is 11.8 Å². The third kappa shape index (κ3) is 2.72. The van der Waals surface area contributed by atoms with Gasteiger partial charge in [0.1, 0.15) is 5.41 Å². The van der Waals surface area contributed by atoms with Gasteiger partial charge in [0.15, 0.2) is 0 Å². The molecule has 1 aromatic heterocycles. The number of pyridine rings is 1. The van der Waals surface area contributed by atoms with E-state index in [0.29, 0.717) is 11.6 Å². The lowest BCUT2D eigenvalue weighted by Gasteiger charge is -2.20. The zero-order chi connectivity index (χ0) is 13.1. The normalized spacial score (nSPS) is 13.8. The predicted octanol–water partition coefficient (Wildman–Crippen LogP) is 0.209. The van der Waals surface area contributed by atoms with E-state index in [1.807, 2.05) is 0 Å². The molecule has 6 nitrogen and oxygen atoms in total. The molecule has 1 aromatic rings. The van der Waals surface area contributed by atoms with Crippen LogP contribution in [-0.2, 0) is 16.0 Å². The number of methoxy groups -OCH3 is 1. The number of ether oxygens (including phenoxy) is 1. The SMILES string of the molecule is COc1cccc(CC(C)(C(N)=O)C(=O)O)n1. The van der Waals surface area contributed by atoms with Gasteiger partial charge in [-0.25, -0.2) is 4.98 Å². The summed E-state index contributed by atoms with van der Waals surface area (Å²) in [6, 6.07) is 4.92. The Morgan fingerprint density at radius 1 is 1.53 bits per heavy atom. The Morgan fingerprint density at radius 3 is 2.65 bits per heavy atom. The first-order chi connectivity index (χ1) is 7.90. The molecule has 6 heteroatoms. The molecule has 0 bridgehead atoms. The van der Waals surface area contributed by atoms with Crippen LogP contribution < -0.4 is 10.5 Å². The molecule has 17 heavy (non-hydrogen) atoms. The molecule has 92 valence electrons. The molecular formula is C11H14N2O4. The summed E-state index contributed by atoms with van der Waals surface area (Å²) in [4.78, 5) is 26.3. The zero-order valence-corrected chi connectivity index (χ0v) is 9.64. The highest BCUT2D eigenvalue weighted by Crippen LogP contribution is 2.22. The van der Waals surface area contributed by atoms with Crippen molar-refractivity contribution in [1.82, 2.24) is 4.98 Å². The summed E-state index contributed by atoms with van der Waals surface area (Å²) >= 11 is 0. The van der Waals surface area contributed by atoms with Crippen LogP contribution in [0.15, 0.2) is 18.2 Å². The number of nitrogens with two attached hydrogens (primary N) is 1. The number of carboxylic acid groups (broad SMARTS) is 1. The number of aromatic nitrogens is 1. The van der Waals surface area contributed by atoms with Gasteiger partial charge in [0, 0.05) is 18.2 Å². The van der Waals surface area contributed by atoms with E-state index in [4.69, 9.17) is 15.6 Å². The Labute approximate surface area is 98.4 Å². The lowest BCUT2D eigenvalue weighted by molar-refractivity contribution is -0.153. The molecule has 0 aliphatic heterocycles. The van der Waals surface area contributed by atoms with Crippen molar-refractivity contribution < 1.29 is 19.4 Å². The molecule has 1 heterocycles. The van der Waals surface area contributed by atoms with Gasteiger partial charge in [0.25, 0.3) is 0 Å². The summed E-state index contributed by atoms with van der Waals surface area (Å²) in [6.07, 6.45) is -0.0745. The van der Waals surface area contributed by atoms with Crippen LogP contribution in [-0.4, -0.2) is 29.1 Å². The van der Waals surface area contributed by atoms with Crippen LogP contribution in [0.4, 0.5) is 0 Å². The van der Waals surface area contributed by atoms with Crippen molar-refractivity contribution in [2.24, 2.45) is 11.1 Å². The van der Waals surface area contributed by atoms with Crippen molar-refractivity contribution in [1.29, 1.82) is 0 Å². The average Bonchev–Trinajstić information content (AvgIpc) is 2.28. The van der Waals surface area contributed by atoms with E-state index in [1.54, 1.807) is 18.2 Å². The van der Waals surface area contributed by atoms with Gasteiger partial charge in [-0.3, -0.25) is 9.59 Å². The molecule has 1 rings (SSSR count). The summed E-state index contributed by atoms with van der Waals surface area (Å²) in [5.41, 5.74) is 3.88. The standard InChI is InChI=1S/C11H14N2O4/c1-11(9(12)14,10(15)16)6-7-4-3-5-8(13-7)17-2/h3-5H,6H2,1-2H3,(H2,12,14)(H,15,16). The van der Waals surface area contributed by atoms with E-state index in [1.165, 1.54) is 14.0 Å². The van der Waals surface area contributed by atoms with Gasteiger partial charge < -0.3 is 15.6 Å². The number of rotatable bonds is 5. The first kappa shape index (κ1) is 13.0. The van der Waals surface area contributed by atoms with Crippen molar-refractivity contribution in [2.45, 2.75) is 13.3 Å². The van der Waals surface area contributed by atoms with E-state index in [0.717, 1.165) is 0 Å². The van der Waals surface area contributed by atoms with Gasteiger partial charge in [-0.15, -0.1) is 0 Å². The Balaban J connectivity index is 3.02. The maximum absolute atomic E-state index is 11.2. The second-order valence-electron chi connectivity index (χ2n) is 3.85. The van der Waals surface area contributed by atoms with Gasteiger partial charge in [-0.05, 0) is 13.0 Å². The first-order valence-electron chi connectivity index (χ1n) is 4.93. The second-order valence-corrected chi connectivity index (χ2v) is 3.85. The average molecular weight is 238 g/mol. The highest BCUT2D eigenvalue weighted by atomic mass is 16.5. The van der Waals surface area contributed by atoms with Crippen LogP contribution in [0.25, 0.3) is 0 Å². The van der Waals surface area contributed by atoms with Crippen LogP contribution in [0.1, 0.15) is 12.6 Å². The van der Waals surface area contributed by atoms with E-state index >= 15 is 0 Å². The summed E-state index contributed by atoms with van der Waals surface area (Å²) in [5, 5.41) is 9.03. The van der Waals surface area contributed by atoms with Crippen molar-refractivity contribution in [3.63, 3.8) is 0 Å². The quantitative estimate of drug-likeness (QED) is 0.714. The Bertz CT molecular complexity index is 431. The van der Waals surface area contributed by atoms with E-state index < -0.39 is 17.3 Å². The molecule has 0 saturated carbocycles. The molecule has 0 fully saturated rings. The molecule has 0 saturated heterocycles. The number of carboxylic acids is 1. The van der Waals surface area contributed by atoms with Crippen LogP contribution in [0, 0.1) is 5.41 Å². The number of amides is 1. The van der Waals surface area contributed by atoms with Crippen LogP contribution in [0.3, 0.4) is 0 Å². The predicted molar refractivity (Wildman–Crippen MR) is 59.4 cm³/mol. The minimum atomic E-state index is -1.67. The number of primary amides is 1. The zero-order valence-electron chi connectivity index (χ0n) is 9.64. The van der Waals surface area contributed by atoms with Crippen molar-refractivity contribution in [3.05, 3.63) is 23.9 Å². The minimum Gasteiger partial charge on any atom is -0.481 e. The maximum atomic E-state index is 11.2. The van der Waals surface area contributed by atoms with Crippen LogP contribution in [0.2, 0.25) is 0 Å². The molecule has 1 amide bonds. The Morgan fingerprint density at radius 2 is 2.18 bits per heavy atom. The molecule has 1 atom stereocenters. The molecule has 3 N–H and O–H groups in total. The minimum absolute atomic E-state index is 0.0745. The van der Waals surface area contributed by atoms with E-state index in [2.05, 4.69) is 4.98 Å². The molecule has 0 radical (unpaired) electrons. The Kier molecular flexibility index (Phi) is 3.67. The molecule has 0 aliphatic rings. The fourth-order valence-electron chi connectivity index (χ4n) is 1.30. The molecular weight excluding hydrogens is 224 g/mol. The van der Waals surface area contributed by atoms with Gasteiger partial charge in [-0.2, -0.15) is 0 Å². The summed E-state index contributed by atoms with van der Waals surface area (Å²) in [6.45, 7) is 1.28. The Hall–Kier alpha value is -2.11. The van der Waals surface area contributed by atoms with Crippen LogP contribution >= 0.6 is 0 Å². The fourth-order valence-corrected chi connectivity index (χ4v) is 1.30. The van der Waals surface area contributed by atoms with Crippen molar-refractivity contribution in [2.75, 3.05) is 7.11 Å². The monoisotopic (exact) mass is 238 g/mol. The summed E-state index contributed by atoms with van der Waals surface area (Å²) in [7, 11) is 1.45. The van der Waals surface area contributed by atoms with Gasteiger partial charge >= 0.3 is 5.97 Å².